The van der Waals surface area contributed by atoms with Gasteiger partial charge in [0.15, 0.2) is 11.6 Å². The molecule has 0 saturated heterocycles. The van der Waals surface area contributed by atoms with E-state index in [0.717, 1.165) is 0 Å². The standard InChI is InChI=1S/C17H12FN7O2/c18-13-3-1-2-12(6-13)17-23-14(24-27-17)8-21-16(26)11-4-5-20-15(7-11)25-10-19-9-22-25/h1-7,9-10H,8H2,(H,21,26). The van der Waals surface area contributed by atoms with E-state index in [0.29, 0.717) is 16.9 Å². The maximum absolute atomic E-state index is 13.3. The van der Waals surface area contributed by atoms with Crippen molar-refractivity contribution in [3.63, 3.8) is 0 Å². The van der Waals surface area contributed by atoms with Crippen molar-refractivity contribution in [2.45, 2.75) is 6.54 Å². The van der Waals surface area contributed by atoms with E-state index in [1.807, 2.05) is 0 Å². The maximum atomic E-state index is 13.3. The molecule has 1 aromatic carbocycles. The van der Waals surface area contributed by atoms with Crippen LogP contribution in [0.15, 0.2) is 59.8 Å². The molecule has 0 radical (unpaired) electrons. The average molecular weight is 365 g/mol. The maximum Gasteiger partial charge on any atom is 0.258 e. The zero-order valence-corrected chi connectivity index (χ0v) is 13.8. The summed E-state index contributed by atoms with van der Waals surface area (Å²) >= 11 is 0. The van der Waals surface area contributed by atoms with E-state index in [9.17, 15) is 9.18 Å². The van der Waals surface area contributed by atoms with Crippen molar-refractivity contribution < 1.29 is 13.7 Å². The summed E-state index contributed by atoms with van der Waals surface area (Å²) in [4.78, 5) is 24.5. The minimum absolute atomic E-state index is 0.0542. The van der Waals surface area contributed by atoms with Crippen LogP contribution < -0.4 is 5.32 Å². The van der Waals surface area contributed by atoms with E-state index in [-0.39, 0.29) is 24.2 Å². The summed E-state index contributed by atoms with van der Waals surface area (Å²) < 4.78 is 19.8. The monoisotopic (exact) mass is 365 g/mol. The number of aromatic nitrogens is 6. The number of nitrogens with zero attached hydrogens (tertiary/aromatic N) is 6. The molecule has 9 nitrogen and oxygen atoms in total. The van der Waals surface area contributed by atoms with Gasteiger partial charge in [0, 0.05) is 17.3 Å². The molecule has 134 valence electrons. The molecule has 0 saturated carbocycles. The van der Waals surface area contributed by atoms with Crippen molar-refractivity contribution in [2.24, 2.45) is 0 Å². The van der Waals surface area contributed by atoms with E-state index in [1.54, 1.807) is 24.3 Å². The Hall–Kier alpha value is -3.95. The topological polar surface area (TPSA) is 112 Å². The SMILES string of the molecule is O=C(NCc1noc(-c2cccc(F)c2)n1)c1ccnc(-n2cncn2)c1. The minimum Gasteiger partial charge on any atom is -0.345 e. The van der Waals surface area contributed by atoms with Crippen LogP contribution in [-0.2, 0) is 6.54 Å². The Labute approximate surface area is 151 Å². The van der Waals surface area contributed by atoms with Crippen LogP contribution >= 0.6 is 0 Å². The van der Waals surface area contributed by atoms with Crippen LogP contribution in [0.5, 0.6) is 0 Å². The normalized spacial score (nSPS) is 10.7. The third-order valence-electron chi connectivity index (χ3n) is 3.61. The first-order valence-electron chi connectivity index (χ1n) is 7.87. The summed E-state index contributed by atoms with van der Waals surface area (Å²) in [5.74, 6) is 0.176. The molecule has 1 amide bonds. The first kappa shape index (κ1) is 16.5. The lowest BCUT2D eigenvalue weighted by Gasteiger charge is -2.04. The fraction of sp³-hybridized carbons (Fsp3) is 0.0588. The Bertz CT molecular complexity index is 1080. The Balaban J connectivity index is 1.43. The second-order valence-corrected chi connectivity index (χ2v) is 5.45. The van der Waals surface area contributed by atoms with Gasteiger partial charge in [-0.15, -0.1) is 0 Å². The molecule has 1 N–H and O–H groups in total. The van der Waals surface area contributed by atoms with E-state index < -0.39 is 5.82 Å². The van der Waals surface area contributed by atoms with Crippen LogP contribution in [0.3, 0.4) is 0 Å². The molecule has 0 bridgehead atoms. The molecule has 0 aliphatic carbocycles. The molecule has 0 unspecified atom stereocenters. The smallest absolute Gasteiger partial charge is 0.258 e. The highest BCUT2D eigenvalue weighted by Crippen LogP contribution is 2.17. The van der Waals surface area contributed by atoms with Gasteiger partial charge in [-0.1, -0.05) is 11.2 Å². The fourth-order valence-corrected chi connectivity index (χ4v) is 2.34. The van der Waals surface area contributed by atoms with Gasteiger partial charge < -0.3 is 9.84 Å². The van der Waals surface area contributed by atoms with Crippen molar-refractivity contribution in [2.75, 3.05) is 0 Å². The molecule has 0 spiro atoms. The lowest BCUT2D eigenvalue weighted by Crippen LogP contribution is -2.23. The predicted octanol–water partition coefficient (Wildman–Crippen LogP) is 1.78. The van der Waals surface area contributed by atoms with Gasteiger partial charge in [0.1, 0.15) is 18.5 Å². The molecular formula is C17H12FN7O2. The zero-order chi connectivity index (χ0) is 18.6. The van der Waals surface area contributed by atoms with Crippen molar-refractivity contribution in [3.8, 4) is 17.3 Å². The third-order valence-corrected chi connectivity index (χ3v) is 3.61. The second kappa shape index (κ2) is 7.12. The first-order chi connectivity index (χ1) is 13.2. The first-order valence-corrected chi connectivity index (χ1v) is 7.87. The number of carbonyl (C=O) groups is 1. The fourth-order valence-electron chi connectivity index (χ4n) is 2.34. The summed E-state index contributed by atoms with van der Waals surface area (Å²) in [6.07, 6.45) is 4.36. The number of halogens is 1. The third kappa shape index (κ3) is 3.68. The Morgan fingerprint density at radius 2 is 2.19 bits per heavy atom. The van der Waals surface area contributed by atoms with Gasteiger partial charge in [0.25, 0.3) is 11.8 Å². The van der Waals surface area contributed by atoms with E-state index in [4.69, 9.17) is 4.52 Å². The lowest BCUT2D eigenvalue weighted by atomic mass is 10.2. The van der Waals surface area contributed by atoms with Crippen LogP contribution in [0.4, 0.5) is 4.39 Å². The van der Waals surface area contributed by atoms with Crippen LogP contribution in [0, 0.1) is 5.82 Å². The molecule has 27 heavy (non-hydrogen) atoms. The molecule has 3 aromatic heterocycles. The molecule has 4 aromatic rings. The molecule has 0 fully saturated rings. The quantitative estimate of drug-likeness (QED) is 0.574. The molecule has 0 aliphatic rings. The summed E-state index contributed by atoms with van der Waals surface area (Å²) in [5, 5.41) is 10.5. The molecule has 4 rings (SSSR count). The number of hydrogen-bond acceptors (Lipinski definition) is 7. The Morgan fingerprint density at radius 1 is 1.26 bits per heavy atom. The number of carbonyl (C=O) groups excluding carboxylic acids is 1. The van der Waals surface area contributed by atoms with Gasteiger partial charge in [-0.25, -0.2) is 19.0 Å². The number of benzene rings is 1. The van der Waals surface area contributed by atoms with Gasteiger partial charge in [0.2, 0.25) is 0 Å². The molecule has 3 heterocycles. The predicted molar refractivity (Wildman–Crippen MR) is 90.0 cm³/mol. The van der Waals surface area contributed by atoms with Crippen molar-refractivity contribution in [1.82, 2.24) is 35.2 Å². The summed E-state index contributed by atoms with van der Waals surface area (Å²) in [6, 6.07) is 8.97. The average Bonchev–Trinajstić information content (AvgIpc) is 3.38. The highest BCUT2D eigenvalue weighted by Gasteiger charge is 2.12. The molecular weight excluding hydrogens is 353 g/mol. The highest BCUT2D eigenvalue weighted by molar-refractivity contribution is 5.94. The molecule has 10 heteroatoms. The largest absolute Gasteiger partial charge is 0.345 e. The van der Waals surface area contributed by atoms with E-state index in [1.165, 1.54) is 35.7 Å². The van der Waals surface area contributed by atoms with E-state index in [2.05, 4.69) is 30.5 Å². The number of rotatable bonds is 5. The zero-order valence-electron chi connectivity index (χ0n) is 13.8. The number of amides is 1. The molecule has 0 atom stereocenters. The van der Waals surface area contributed by atoms with E-state index >= 15 is 0 Å². The van der Waals surface area contributed by atoms with Crippen molar-refractivity contribution >= 4 is 5.91 Å². The number of nitrogens with one attached hydrogen (secondary N) is 1. The lowest BCUT2D eigenvalue weighted by molar-refractivity contribution is 0.0949. The molecule has 0 aliphatic heterocycles. The number of hydrogen-bond donors (Lipinski definition) is 1. The summed E-state index contributed by atoms with van der Waals surface area (Å²) in [5.41, 5.74) is 0.857. The van der Waals surface area contributed by atoms with Crippen LogP contribution in [0.2, 0.25) is 0 Å². The number of pyridine rings is 1. The van der Waals surface area contributed by atoms with Crippen LogP contribution in [0.1, 0.15) is 16.2 Å². The summed E-state index contributed by atoms with van der Waals surface area (Å²) in [6.45, 7) is 0.0542. The van der Waals surface area contributed by atoms with Crippen LogP contribution in [-0.4, -0.2) is 35.8 Å². The van der Waals surface area contributed by atoms with Gasteiger partial charge in [-0.05, 0) is 30.3 Å². The summed E-state index contributed by atoms with van der Waals surface area (Å²) in [7, 11) is 0. The Morgan fingerprint density at radius 3 is 3.00 bits per heavy atom. The Kier molecular flexibility index (Phi) is 4.35. The minimum atomic E-state index is -0.401. The van der Waals surface area contributed by atoms with Gasteiger partial charge in [0.05, 0.1) is 6.54 Å². The van der Waals surface area contributed by atoms with Gasteiger partial charge in [-0.2, -0.15) is 10.1 Å². The highest BCUT2D eigenvalue weighted by atomic mass is 19.1. The van der Waals surface area contributed by atoms with Gasteiger partial charge in [-0.3, -0.25) is 4.79 Å². The van der Waals surface area contributed by atoms with Gasteiger partial charge >= 0.3 is 0 Å². The second-order valence-electron chi connectivity index (χ2n) is 5.45. The van der Waals surface area contributed by atoms with Crippen molar-refractivity contribution in [1.29, 1.82) is 0 Å². The van der Waals surface area contributed by atoms with Crippen LogP contribution in [0.25, 0.3) is 17.3 Å². The van der Waals surface area contributed by atoms with Crippen molar-refractivity contribution in [3.05, 3.63) is 72.5 Å².